The third kappa shape index (κ3) is 5.34. The van der Waals surface area contributed by atoms with E-state index in [0.717, 1.165) is 34.5 Å². The van der Waals surface area contributed by atoms with Crippen molar-refractivity contribution < 1.29 is 13.2 Å². The summed E-state index contributed by atoms with van der Waals surface area (Å²) in [5, 5.41) is 0. The lowest BCUT2D eigenvalue weighted by Gasteiger charge is -2.12. The van der Waals surface area contributed by atoms with Crippen LogP contribution in [0.5, 0.6) is 0 Å². The number of hydrogen-bond acceptors (Lipinski definition) is 3. The highest BCUT2D eigenvalue weighted by molar-refractivity contribution is 5.80. The maximum atomic E-state index is 12.9. The fourth-order valence-electron chi connectivity index (χ4n) is 4.00. The van der Waals surface area contributed by atoms with Gasteiger partial charge in [-0.25, -0.2) is 9.97 Å². The fourth-order valence-corrected chi connectivity index (χ4v) is 4.00. The summed E-state index contributed by atoms with van der Waals surface area (Å²) in [6, 6.07) is 24.9. The van der Waals surface area contributed by atoms with E-state index in [-0.39, 0.29) is 0 Å². The summed E-state index contributed by atoms with van der Waals surface area (Å²) in [5.74, 6) is 6.50. The van der Waals surface area contributed by atoms with Crippen LogP contribution in [0.15, 0.2) is 91.1 Å². The number of rotatable bonds is 4. The summed E-state index contributed by atoms with van der Waals surface area (Å²) in [7, 11) is 3.99. The van der Waals surface area contributed by atoms with E-state index in [2.05, 4.69) is 24.0 Å². The maximum absolute atomic E-state index is 12.9. The molecule has 7 heteroatoms. The van der Waals surface area contributed by atoms with Crippen molar-refractivity contribution in [3.63, 3.8) is 0 Å². The number of halogens is 3. The Kier molecular flexibility index (Phi) is 6.41. The van der Waals surface area contributed by atoms with Gasteiger partial charge in [-0.2, -0.15) is 13.2 Å². The number of pyridine rings is 1. The number of aromatic nitrogens is 3. The van der Waals surface area contributed by atoms with Crippen LogP contribution in [0.2, 0.25) is 0 Å². The molecule has 0 amide bonds. The first kappa shape index (κ1) is 24.1. The average Bonchev–Trinajstić information content (AvgIpc) is 3.24. The average molecular weight is 497 g/mol. The Balaban J connectivity index is 1.54. The summed E-state index contributed by atoms with van der Waals surface area (Å²) >= 11 is 0. The Labute approximate surface area is 213 Å². The van der Waals surface area contributed by atoms with E-state index in [9.17, 15) is 13.2 Å². The number of nitrogens with zero attached hydrogens (tertiary/aromatic N) is 4. The fraction of sp³-hybridized carbons (Fsp3) is 0.133. The lowest BCUT2D eigenvalue weighted by atomic mass is 10.1. The molecule has 2 aromatic heterocycles. The van der Waals surface area contributed by atoms with Gasteiger partial charge >= 0.3 is 6.18 Å². The third-order valence-electron chi connectivity index (χ3n) is 6.02. The number of imidazole rings is 1. The predicted octanol–water partition coefficient (Wildman–Crippen LogP) is 6.63. The normalized spacial score (nSPS) is 11.3. The predicted molar refractivity (Wildman–Crippen MR) is 140 cm³/mol. The molecule has 0 atom stereocenters. The molecule has 0 unspecified atom stereocenters. The van der Waals surface area contributed by atoms with Crippen LogP contribution in [0.4, 0.5) is 18.9 Å². The van der Waals surface area contributed by atoms with Crippen molar-refractivity contribution in [3.8, 4) is 23.0 Å². The molecule has 0 aliphatic carbocycles. The summed E-state index contributed by atoms with van der Waals surface area (Å²) in [6.07, 6.45) is -2.56. The van der Waals surface area contributed by atoms with Crippen molar-refractivity contribution in [2.24, 2.45) is 0 Å². The number of alkyl halides is 3. The third-order valence-corrected chi connectivity index (χ3v) is 6.02. The van der Waals surface area contributed by atoms with E-state index in [1.165, 1.54) is 12.1 Å². The first-order valence-corrected chi connectivity index (χ1v) is 11.7. The lowest BCUT2D eigenvalue weighted by Crippen LogP contribution is -2.07. The van der Waals surface area contributed by atoms with Crippen molar-refractivity contribution in [1.29, 1.82) is 0 Å². The first-order valence-electron chi connectivity index (χ1n) is 11.7. The van der Waals surface area contributed by atoms with Crippen molar-refractivity contribution >= 4 is 16.9 Å². The van der Waals surface area contributed by atoms with Gasteiger partial charge in [-0.15, -0.1) is 0 Å². The second-order valence-corrected chi connectivity index (χ2v) is 8.84. The van der Waals surface area contributed by atoms with Crippen molar-refractivity contribution in [2.75, 3.05) is 19.0 Å². The highest BCUT2D eigenvalue weighted by Crippen LogP contribution is 2.29. The van der Waals surface area contributed by atoms with Gasteiger partial charge in [0.05, 0.1) is 12.1 Å². The molecule has 37 heavy (non-hydrogen) atoms. The Morgan fingerprint density at radius 2 is 1.54 bits per heavy atom. The van der Waals surface area contributed by atoms with Crippen molar-refractivity contribution in [3.05, 3.63) is 114 Å². The minimum Gasteiger partial charge on any atom is -0.378 e. The van der Waals surface area contributed by atoms with Crippen LogP contribution in [-0.4, -0.2) is 28.6 Å². The van der Waals surface area contributed by atoms with Gasteiger partial charge in [-0.05, 0) is 59.5 Å². The monoisotopic (exact) mass is 496 g/mol. The first-order chi connectivity index (χ1) is 17.8. The SMILES string of the molecule is CN(C)c1ccc(-c2cnc3c(c2)nc(C#Cc2ccc(C(F)(F)F)cc2)n3Cc2ccccc2)cc1. The molecule has 2 heterocycles. The molecule has 0 spiro atoms. The molecular weight excluding hydrogens is 473 g/mol. The molecular formula is C30H23F3N4. The summed E-state index contributed by atoms with van der Waals surface area (Å²) in [5.41, 5.74) is 5.27. The van der Waals surface area contributed by atoms with Crippen LogP contribution in [-0.2, 0) is 12.7 Å². The maximum Gasteiger partial charge on any atom is 0.416 e. The largest absolute Gasteiger partial charge is 0.416 e. The highest BCUT2D eigenvalue weighted by atomic mass is 19.4. The zero-order chi connectivity index (χ0) is 26.0. The molecule has 0 aliphatic heterocycles. The molecule has 5 rings (SSSR count). The topological polar surface area (TPSA) is 34.0 Å². The molecule has 4 nitrogen and oxygen atoms in total. The van der Waals surface area contributed by atoms with E-state index >= 15 is 0 Å². The van der Waals surface area contributed by atoms with E-state index in [4.69, 9.17) is 9.97 Å². The van der Waals surface area contributed by atoms with Gasteiger partial charge in [0, 0.05) is 37.1 Å². The van der Waals surface area contributed by atoms with Gasteiger partial charge in [0.25, 0.3) is 0 Å². The van der Waals surface area contributed by atoms with Gasteiger partial charge in [-0.3, -0.25) is 4.57 Å². The van der Waals surface area contributed by atoms with Crippen LogP contribution in [0.25, 0.3) is 22.3 Å². The second kappa shape index (κ2) is 9.82. The van der Waals surface area contributed by atoms with E-state index in [1.54, 1.807) is 0 Å². The summed E-state index contributed by atoms with van der Waals surface area (Å²) in [4.78, 5) is 11.5. The molecule has 0 saturated carbocycles. The molecule has 184 valence electrons. The number of benzene rings is 3. The quantitative estimate of drug-likeness (QED) is 0.262. The van der Waals surface area contributed by atoms with Crippen molar-refractivity contribution in [1.82, 2.24) is 14.5 Å². The Hall–Kier alpha value is -4.57. The van der Waals surface area contributed by atoms with E-state index < -0.39 is 11.7 Å². The number of anilines is 1. The zero-order valence-corrected chi connectivity index (χ0v) is 20.3. The lowest BCUT2D eigenvalue weighted by molar-refractivity contribution is -0.137. The molecule has 0 fully saturated rings. The Morgan fingerprint density at radius 3 is 2.19 bits per heavy atom. The molecule has 0 aliphatic rings. The van der Waals surface area contributed by atoms with Crippen LogP contribution < -0.4 is 4.90 Å². The minimum atomic E-state index is -4.38. The van der Waals surface area contributed by atoms with Gasteiger partial charge in [0.1, 0.15) is 5.52 Å². The Bertz CT molecular complexity index is 1590. The molecule has 5 aromatic rings. The highest BCUT2D eigenvalue weighted by Gasteiger charge is 2.29. The van der Waals surface area contributed by atoms with E-state index in [1.807, 2.05) is 78.3 Å². The standard InChI is InChI=1S/C30H23F3N4/c1-36(2)26-15-11-23(12-16-26)24-18-27-29(34-19-24)37(20-22-6-4-3-5-7-22)28(35-27)17-10-21-8-13-25(14-9-21)30(31,32)33/h3-9,11-16,18-19H,20H2,1-2H3. The minimum absolute atomic E-state index is 0.473. The van der Waals surface area contributed by atoms with Gasteiger partial charge in [0.15, 0.2) is 11.5 Å². The molecule has 3 aromatic carbocycles. The molecule has 0 N–H and O–H groups in total. The van der Waals surface area contributed by atoms with Gasteiger partial charge in [0.2, 0.25) is 0 Å². The smallest absolute Gasteiger partial charge is 0.378 e. The molecule has 0 saturated heterocycles. The second-order valence-electron chi connectivity index (χ2n) is 8.84. The number of fused-ring (bicyclic) bond motifs is 1. The van der Waals surface area contributed by atoms with Crippen LogP contribution in [0.3, 0.4) is 0 Å². The van der Waals surface area contributed by atoms with Gasteiger partial charge < -0.3 is 4.90 Å². The molecule has 0 radical (unpaired) electrons. The zero-order valence-electron chi connectivity index (χ0n) is 20.3. The number of hydrogen-bond donors (Lipinski definition) is 0. The van der Waals surface area contributed by atoms with Crippen molar-refractivity contribution in [2.45, 2.75) is 12.7 Å². The Morgan fingerprint density at radius 1 is 0.838 bits per heavy atom. The van der Waals surface area contributed by atoms with Gasteiger partial charge in [-0.1, -0.05) is 48.4 Å². The summed E-state index contributed by atoms with van der Waals surface area (Å²) in [6.45, 7) is 0.512. The van der Waals surface area contributed by atoms with E-state index in [0.29, 0.717) is 29.1 Å². The van der Waals surface area contributed by atoms with Crippen LogP contribution in [0.1, 0.15) is 22.5 Å². The molecule has 0 bridgehead atoms. The summed E-state index contributed by atoms with van der Waals surface area (Å²) < 4.78 is 40.6. The van der Waals surface area contributed by atoms with Crippen LogP contribution >= 0.6 is 0 Å². The van der Waals surface area contributed by atoms with Crippen LogP contribution in [0, 0.1) is 11.8 Å².